The van der Waals surface area contributed by atoms with Crippen LogP contribution in [-0.4, -0.2) is 39.4 Å². The monoisotopic (exact) mass is 355 g/mol. The van der Waals surface area contributed by atoms with Crippen molar-refractivity contribution >= 4 is 11.6 Å². The molecule has 7 heteroatoms. The first kappa shape index (κ1) is 17.2. The lowest BCUT2D eigenvalue weighted by molar-refractivity contribution is -0.126. The number of fused-ring (bicyclic) bond motifs is 1. The van der Waals surface area contributed by atoms with Crippen molar-refractivity contribution in [3.8, 4) is 11.4 Å². The van der Waals surface area contributed by atoms with Gasteiger partial charge in [-0.05, 0) is 37.8 Å². The molecule has 1 aromatic carbocycles. The van der Waals surface area contributed by atoms with Gasteiger partial charge in [-0.3, -0.25) is 4.79 Å². The van der Waals surface area contributed by atoms with Gasteiger partial charge >= 0.3 is 0 Å². The van der Waals surface area contributed by atoms with Gasteiger partial charge in [0, 0.05) is 30.8 Å². The molecule has 7 nitrogen and oxygen atoms in total. The van der Waals surface area contributed by atoms with Crippen molar-refractivity contribution in [3.05, 3.63) is 30.1 Å². The van der Waals surface area contributed by atoms with E-state index in [1.54, 1.807) is 0 Å². The van der Waals surface area contributed by atoms with Gasteiger partial charge in [0.1, 0.15) is 11.9 Å². The van der Waals surface area contributed by atoms with Crippen molar-refractivity contribution in [2.75, 3.05) is 11.9 Å². The quantitative estimate of drug-likeness (QED) is 0.876. The van der Waals surface area contributed by atoms with E-state index >= 15 is 0 Å². The zero-order valence-electron chi connectivity index (χ0n) is 14.9. The van der Waals surface area contributed by atoms with Crippen LogP contribution in [0.25, 0.3) is 11.4 Å². The predicted molar refractivity (Wildman–Crippen MR) is 98.6 cm³/mol. The molecule has 2 atom stereocenters. The summed E-state index contributed by atoms with van der Waals surface area (Å²) < 4.78 is 7.88. The molecule has 1 fully saturated rings. The van der Waals surface area contributed by atoms with Crippen LogP contribution in [0.3, 0.4) is 0 Å². The van der Waals surface area contributed by atoms with Gasteiger partial charge in [-0.25, -0.2) is 0 Å². The zero-order valence-corrected chi connectivity index (χ0v) is 14.9. The summed E-state index contributed by atoms with van der Waals surface area (Å²) in [5, 5.41) is 11.7. The van der Waals surface area contributed by atoms with E-state index in [0.29, 0.717) is 13.0 Å². The minimum Gasteiger partial charge on any atom is -0.364 e. The van der Waals surface area contributed by atoms with Crippen molar-refractivity contribution < 1.29 is 9.53 Å². The van der Waals surface area contributed by atoms with Crippen molar-refractivity contribution in [1.82, 2.24) is 14.8 Å². The summed E-state index contributed by atoms with van der Waals surface area (Å²) in [7, 11) is 0. The van der Waals surface area contributed by atoms with Gasteiger partial charge in [0.05, 0.1) is 6.10 Å². The first-order valence-corrected chi connectivity index (χ1v) is 9.43. The molecule has 138 valence electrons. The molecule has 2 aliphatic rings. The third kappa shape index (κ3) is 3.50. The summed E-state index contributed by atoms with van der Waals surface area (Å²) in [5.41, 5.74) is 7.33. The number of benzene rings is 1. The smallest absolute Gasteiger partial charge is 0.253 e. The maximum absolute atomic E-state index is 12.4. The molecule has 0 bridgehead atoms. The number of nitrogens with two attached hydrogens (primary N) is 1. The standard InChI is InChI=1S/C19H25N5O2/c20-12-15-8-9-16(26-15)19(25)21-14-6-4-5-13(11-14)18-23-22-17-7-2-1-3-10-24(17)18/h4-6,11,15-16H,1-3,7-10,12,20H2,(H,21,25)/t15-,16+/m1/s1. The average molecular weight is 355 g/mol. The summed E-state index contributed by atoms with van der Waals surface area (Å²) in [4.78, 5) is 12.4. The Bertz CT molecular complexity index is 788. The fourth-order valence-electron chi connectivity index (χ4n) is 3.73. The molecule has 0 aliphatic carbocycles. The van der Waals surface area contributed by atoms with E-state index in [9.17, 15) is 4.79 Å². The Morgan fingerprint density at radius 2 is 2.19 bits per heavy atom. The highest BCUT2D eigenvalue weighted by Crippen LogP contribution is 2.26. The second kappa shape index (κ2) is 7.55. The summed E-state index contributed by atoms with van der Waals surface area (Å²) in [6, 6.07) is 7.78. The number of hydrogen-bond acceptors (Lipinski definition) is 5. The molecule has 1 aromatic heterocycles. The molecule has 2 aromatic rings. The number of hydrogen-bond donors (Lipinski definition) is 2. The number of amides is 1. The van der Waals surface area contributed by atoms with Crippen molar-refractivity contribution in [1.29, 1.82) is 0 Å². The maximum Gasteiger partial charge on any atom is 0.253 e. The van der Waals surface area contributed by atoms with Crippen LogP contribution in [0.2, 0.25) is 0 Å². The van der Waals surface area contributed by atoms with Crippen LogP contribution < -0.4 is 11.1 Å². The molecule has 1 amide bonds. The fraction of sp³-hybridized carbons (Fsp3) is 0.526. The van der Waals surface area contributed by atoms with E-state index < -0.39 is 6.10 Å². The van der Waals surface area contributed by atoms with E-state index in [1.165, 1.54) is 12.8 Å². The Hall–Kier alpha value is -2.25. The molecule has 26 heavy (non-hydrogen) atoms. The van der Waals surface area contributed by atoms with Crippen LogP contribution in [0.1, 0.15) is 37.9 Å². The van der Waals surface area contributed by atoms with Crippen molar-refractivity contribution in [2.45, 2.75) is 57.3 Å². The summed E-state index contributed by atoms with van der Waals surface area (Å²) >= 11 is 0. The molecule has 3 N–H and O–H groups in total. The minimum absolute atomic E-state index is 0.0106. The van der Waals surface area contributed by atoms with E-state index in [4.69, 9.17) is 10.5 Å². The van der Waals surface area contributed by atoms with Gasteiger partial charge < -0.3 is 20.4 Å². The highest BCUT2D eigenvalue weighted by Gasteiger charge is 2.29. The van der Waals surface area contributed by atoms with Gasteiger partial charge in [-0.1, -0.05) is 18.6 Å². The average Bonchev–Trinajstić information content (AvgIpc) is 3.24. The summed E-state index contributed by atoms with van der Waals surface area (Å²) in [5.74, 6) is 1.82. The van der Waals surface area contributed by atoms with Crippen LogP contribution >= 0.6 is 0 Å². The lowest BCUT2D eigenvalue weighted by atomic mass is 10.1. The van der Waals surface area contributed by atoms with Gasteiger partial charge in [0.15, 0.2) is 5.82 Å². The number of nitrogens with one attached hydrogen (secondary N) is 1. The van der Waals surface area contributed by atoms with Gasteiger partial charge in [0.2, 0.25) is 0 Å². The molecule has 0 spiro atoms. The fourth-order valence-corrected chi connectivity index (χ4v) is 3.73. The van der Waals surface area contributed by atoms with Crippen LogP contribution in [0, 0.1) is 0 Å². The van der Waals surface area contributed by atoms with E-state index in [1.807, 2.05) is 24.3 Å². The zero-order chi connectivity index (χ0) is 17.9. The summed E-state index contributed by atoms with van der Waals surface area (Å²) in [6.07, 6.45) is 5.63. The van der Waals surface area contributed by atoms with Crippen LogP contribution in [0.4, 0.5) is 5.69 Å². The van der Waals surface area contributed by atoms with E-state index in [0.717, 1.165) is 48.7 Å². The highest BCUT2D eigenvalue weighted by atomic mass is 16.5. The molecular formula is C19H25N5O2. The van der Waals surface area contributed by atoms with Gasteiger partial charge in [-0.15, -0.1) is 10.2 Å². The van der Waals surface area contributed by atoms with Gasteiger partial charge in [0.25, 0.3) is 5.91 Å². The molecule has 3 heterocycles. The highest BCUT2D eigenvalue weighted by molar-refractivity contribution is 5.94. The molecular weight excluding hydrogens is 330 g/mol. The number of carbonyl (C=O) groups is 1. The lowest BCUT2D eigenvalue weighted by Gasteiger charge is -2.13. The number of rotatable bonds is 4. The molecule has 0 saturated carbocycles. The lowest BCUT2D eigenvalue weighted by Crippen LogP contribution is -2.29. The second-order valence-electron chi connectivity index (χ2n) is 7.03. The topological polar surface area (TPSA) is 95.1 Å². The van der Waals surface area contributed by atoms with Crippen LogP contribution in [-0.2, 0) is 22.5 Å². The molecule has 2 aliphatic heterocycles. The maximum atomic E-state index is 12.4. The second-order valence-corrected chi connectivity index (χ2v) is 7.03. The van der Waals surface area contributed by atoms with E-state index in [2.05, 4.69) is 20.1 Å². The number of aryl methyl sites for hydroxylation is 1. The molecule has 1 saturated heterocycles. The SMILES string of the molecule is NC[C@H]1CC[C@@H](C(=O)Nc2cccc(-c3nnc4n3CCCCC4)c2)O1. The normalized spacial score (nSPS) is 22.7. The Morgan fingerprint density at radius 1 is 1.27 bits per heavy atom. The third-order valence-electron chi connectivity index (χ3n) is 5.16. The van der Waals surface area contributed by atoms with Crippen molar-refractivity contribution in [3.63, 3.8) is 0 Å². The number of ether oxygens (including phenoxy) is 1. The summed E-state index contributed by atoms with van der Waals surface area (Å²) in [6.45, 7) is 1.40. The Balaban J connectivity index is 1.51. The Morgan fingerprint density at radius 3 is 3.04 bits per heavy atom. The number of carbonyl (C=O) groups excluding carboxylic acids is 1. The third-order valence-corrected chi connectivity index (χ3v) is 5.16. The minimum atomic E-state index is -0.420. The molecule has 0 unspecified atom stereocenters. The first-order valence-electron chi connectivity index (χ1n) is 9.43. The molecule has 0 radical (unpaired) electrons. The largest absolute Gasteiger partial charge is 0.364 e. The van der Waals surface area contributed by atoms with Crippen LogP contribution in [0.5, 0.6) is 0 Å². The first-order chi connectivity index (χ1) is 12.7. The van der Waals surface area contributed by atoms with Crippen LogP contribution in [0.15, 0.2) is 24.3 Å². The van der Waals surface area contributed by atoms with E-state index in [-0.39, 0.29) is 12.0 Å². The van der Waals surface area contributed by atoms with Crippen molar-refractivity contribution in [2.24, 2.45) is 5.73 Å². The Kier molecular flexibility index (Phi) is 4.99. The van der Waals surface area contributed by atoms with Gasteiger partial charge in [-0.2, -0.15) is 0 Å². The predicted octanol–water partition coefficient (Wildman–Crippen LogP) is 2.12. The number of aromatic nitrogens is 3. The Labute approximate surface area is 152 Å². The number of anilines is 1. The number of nitrogens with zero attached hydrogens (tertiary/aromatic N) is 3. The molecule has 4 rings (SSSR count).